The standard InChI is InChI=1S/C12H21N3OS2/c1-4-17-7-5-6-13-12(16)15-10(3)11-14-9(2)8-18-11/h8,10H,4-7H2,1-3H3,(H2,13,15,16)/t10-/m1/s1. The van der Waals surface area contributed by atoms with Crippen molar-refractivity contribution in [3.63, 3.8) is 0 Å². The van der Waals surface area contributed by atoms with Gasteiger partial charge in [-0.05, 0) is 31.8 Å². The van der Waals surface area contributed by atoms with E-state index in [1.54, 1.807) is 11.3 Å². The van der Waals surface area contributed by atoms with E-state index in [2.05, 4.69) is 22.5 Å². The van der Waals surface area contributed by atoms with Gasteiger partial charge in [0.2, 0.25) is 0 Å². The highest BCUT2D eigenvalue weighted by Gasteiger charge is 2.11. The van der Waals surface area contributed by atoms with Crippen LogP contribution >= 0.6 is 23.1 Å². The zero-order valence-corrected chi connectivity index (χ0v) is 12.8. The molecule has 2 N–H and O–H groups in total. The zero-order valence-electron chi connectivity index (χ0n) is 11.2. The maximum absolute atomic E-state index is 11.6. The molecule has 0 saturated carbocycles. The van der Waals surface area contributed by atoms with Crippen LogP contribution in [-0.4, -0.2) is 29.1 Å². The van der Waals surface area contributed by atoms with Gasteiger partial charge in [-0.15, -0.1) is 11.3 Å². The number of rotatable bonds is 7. The molecule has 1 rings (SSSR count). The van der Waals surface area contributed by atoms with Crippen LogP contribution in [0.1, 0.15) is 37.0 Å². The lowest BCUT2D eigenvalue weighted by molar-refractivity contribution is 0.238. The fourth-order valence-electron chi connectivity index (χ4n) is 1.40. The number of hydrogen-bond donors (Lipinski definition) is 2. The molecule has 1 heterocycles. The van der Waals surface area contributed by atoms with Gasteiger partial charge < -0.3 is 10.6 Å². The van der Waals surface area contributed by atoms with Crippen LogP contribution in [0, 0.1) is 6.92 Å². The summed E-state index contributed by atoms with van der Waals surface area (Å²) in [6.45, 7) is 6.77. The van der Waals surface area contributed by atoms with E-state index in [-0.39, 0.29) is 12.1 Å². The molecule has 0 aliphatic heterocycles. The van der Waals surface area contributed by atoms with Crippen molar-refractivity contribution in [2.45, 2.75) is 33.2 Å². The average molecular weight is 287 g/mol. The SMILES string of the molecule is CCSCCCNC(=O)N[C@H](C)c1nc(C)cs1. The van der Waals surface area contributed by atoms with Crippen LogP contribution in [0.2, 0.25) is 0 Å². The number of carbonyl (C=O) groups excluding carboxylic acids is 1. The second kappa shape index (κ2) is 8.37. The highest BCUT2D eigenvalue weighted by atomic mass is 32.2. The normalized spacial score (nSPS) is 12.2. The molecule has 0 bridgehead atoms. The molecule has 102 valence electrons. The zero-order chi connectivity index (χ0) is 13.4. The highest BCUT2D eigenvalue weighted by molar-refractivity contribution is 7.99. The van der Waals surface area contributed by atoms with Crippen molar-refractivity contribution in [2.24, 2.45) is 0 Å². The number of thiazole rings is 1. The van der Waals surface area contributed by atoms with Crippen molar-refractivity contribution in [1.29, 1.82) is 0 Å². The maximum Gasteiger partial charge on any atom is 0.315 e. The molecule has 0 aliphatic carbocycles. The van der Waals surface area contributed by atoms with Gasteiger partial charge >= 0.3 is 6.03 Å². The first-order valence-electron chi connectivity index (χ1n) is 6.17. The smallest absolute Gasteiger partial charge is 0.315 e. The summed E-state index contributed by atoms with van der Waals surface area (Å²) in [5.74, 6) is 2.23. The van der Waals surface area contributed by atoms with Gasteiger partial charge in [0, 0.05) is 17.6 Å². The van der Waals surface area contributed by atoms with E-state index in [0.717, 1.165) is 35.2 Å². The number of aryl methyl sites for hydroxylation is 1. The number of amides is 2. The number of carbonyl (C=O) groups is 1. The number of nitrogens with zero attached hydrogens (tertiary/aromatic N) is 1. The Morgan fingerprint density at radius 1 is 1.61 bits per heavy atom. The van der Waals surface area contributed by atoms with Gasteiger partial charge in [-0.1, -0.05) is 6.92 Å². The molecule has 0 fully saturated rings. The van der Waals surface area contributed by atoms with E-state index in [4.69, 9.17) is 0 Å². The van der Waals surface area contributed by atoms with Crippen molar-refractivity contribution in [3.8, 4) is 0 Å². The molecule has 1 atom stereocenters. The van der Waals surface area contributed by atoms with Crippen molar-refractivity contribution in [1.82, 2.24) is 15.6 Å². The summed E-state index contributed by atoms with van der Waals surface area (Å²) in [6.07, 6.45) is 1.01. The number of thioether (sulfide) groups is 1. The predicted octanol–water partition coefficient (Wildman–Crippen LogP) is 2.95. The summed E-state index contributed by atoms with van der Waals surface area (Å²) in [7, 11) is 0. The Hall–Kier alpha value is -0.750. The van der Waals surface area contributed by atoms with Crippen LogP contribution in [0.5, 0.6) is 0 Å². The lowest BCUT2D eigenvalue weighted by Crippen LogP contribution is -2.37. The van der Waals surface area contributed by atoms with Crippen molar-refractivity contribution >= 4 is 29.1 Å². The fourth-order valence-corrected chi connectivity index (χ4v) is 2.84. The second-order valence-corrected chi connectivity index (χ2v) is 6.28. The summed E-state index contributed by atoms with van der Waals surface area (Å²) >= 11 is 3.47. The predicted molar refractivity (Wildman–Crippen MR) is 79.4 cm³/mol. The van der Waals surface area contributed by atoms with E-state index in [9.17, 15) is 4.79 Å². The molecule has 0 aliphatic rings. The third kappa shape index (κ3) is 5.73. The summed E-state index contributed by atoms with van der Waals surface area (Å²) in [4.78, 5) is 16.0. The summed E-state index contributed by atoms with van der Waals surface area (Å²) < 4.78 is 0. The number of aromatic nitrogens is 1. The van der Waals surface area contributed by atoms with Crippen LogP contribution in [0.25, 0.3) is 0 Å². The van der Waals surface area contributed by atoms with Crippen LogP contribution in [-0.2, 0) is 0 Å². The molecule has 6 heteroatoms. The van der Waals surface area contributed by atoms with Gasteiger partial charge in [0.05, 0.1) is 6.04 Å². The molecular weight excluding hydrogens is 266 g/mol. The van der Waals surface area contributed by atoms with E-state index in [1.165, 1.54) is 0 Å². The minimum Gasteiger partial charge on any atom is -0.338 e. The number of nitrogens with one attached hydrogen (secondary N) is 2. The summed E-state index contributed by atoms with van der Waals surface area (Å²) in [5.41, 5.74) is 1.00. The second-order valence-electron chi connectivity index (χ2n) is 4.00. The van der Waals surface area contributed by atoms with Crippen molar-refractivity contribution < 1.29 is 4.79 Å². The Kier molecular flexibility index (Phi) is 7.12. The quantitative estimate of drug-likeness (QED) is 0.758. The molecule has 1 aromatic heterocycles. The minimum absolute atomic E-state index is 0.0336. The molecule has 18 heavy (non-hydrogen) atoms. The lowest BCUT2D eigenvalue weighted by Gasteiger charge is -2.12. The number of urea groups is 1. The van der Waals surface area contributed by atoms with E-state index < -0.39 is 0 Å². The Balaban J connectivity index is 2.19. The monoisotopic (exact) mass is 287 g/mol. The van der Waals surface area contributed by atoms with Crippen LogP contribution in [0.4, 0.5) is 4.79 Å². The first kappa shape index (κ1) is 15.3. The van der Waals surface area contributed by atoms with Gasteiger partial charge in [-0.2, -0.15) is 11.8 Å². The molecular formula is C12H21N3OS2. The molecule has 1 aromatic rings. The molecule has 0 radical (unpaired) electrons. The van der Waals surface area contributed by atoms with Gasteiger partial charge in [0.25, 0.3) is 0 Å². The first-order valence-corrected chi connectivity index (χ1v) is 8.21. The van der Waals surface area contributed by atoms with E-state index in [0.29, 0.717) is 0 Å². The van der Waals surface area contributed by atoms with E-state index >= 15 is 0 Å². The molecule has 0 unspecified atom stereocenters. The first-order chi connectivity index (χ1) is 8.63. The molecule has 4 nitrogen and oxygen atoms in total. The summed E-state index contributed by atoms with van der Waals surface area (Å²) in [6, 6.07) is -0.148. The average Bonchev–Trinajstić information content (AvgIpc) is 2.75. The molecule has 0 saturated heterocycles. The molecule has 2 amide bonds. The van der Waals surface area contributed by atoms with Crippen LogP contribution < -0.4 is 10.6 Å². The van der Waals surface area contributed by atoms with Gasteiger partial charge in [-0.3, -0.25) is 0 Å². The Morgan fingerprint density at radius 3 is 3.00 bits per heavy atom. The highest BCUT2D eigenvalue weighted by Crippen LogP contribution is 2.16. The summed E-state index contributed by atoms with van der Waals surface area (Å²) in [5, 5.41) is 8.70. The largest absolute Gasteiger partial charge is 0.338 e. The third-order valence-corrected chi connectivity index (χ3v) is 4.44. The van der Waals surface area contributed by atoms with Crippen molar-refractivity contribution in [2.75, 3.05) is 18.1 Å². The van der Waals surface area contributed by atoms with Crippen molar-refractivity contribution in [3.05, 3.63) is 16.1 Å². The molecule has 0 aromatic carbocycles. The number of hydrogen-bond acceptors (Lipinski definition) is 4. The fraction of sp³-hybridized carbons (Fsp3) is 0.667. The lowest BCUT2D eigenvalue weighted by atomic mass is 10.3. The molecule has 0 spiro atoms. The van der Waals surface area contributed by atoms with Gasteiger partial charge in [-0.25, -0.2) is 9.78 Å². The third-order valence-electron chi connectivity index (χ3n) is 2.31. The minimum atomic E-state index is -0.114. The van der Waals surface area contributed by atoms with Gasteiger partial charge in [0.15, 0.2) is 0 Å². The van der Waals surface area contributed by atoms with Crippen LogP contribution in [0.15, 0.2) is 5.38 Å². The van der Waals surface area contributed by atoms with Gasteiger partial charge in [0.1, 0.15) is 5.01 Å². The Bertz CT molecular complexity index is 368. The van der Waals surface area contributed by atoms with Crippen LogP contribution in [0.3, 0.4) is 0 Å². The van der Waals surface area contributed by atoms with E-state index in [1.807, 2.05) is 31.0 Å². The maximum atomic E-state index is 11.6. The Morgan fingerprint density at radius 2 is 2.39 bits per heavy atom. The Labute approximate surface area is 117 Å². The topological polar surface area (TPSA) is 54.0 Å².